The van der Waals surface area contributed by atoms with Gasteiger partial charge >= 0.3 is 0 Å². The van der Waals surface area contributed by atoms with Crippen molar-refractivity contribution in [3.8, 4) is 0 Å². The van der Waals surface area contributed by atoms with Crippen molar-refractivity contribution < 1.29 is 8.42 Å². The molecule has 0 spiro atoms. The normalized spacial score (nSPS) is 21.4. The Balaban J connectivity index is 1.46. The smallest absolute Gasteiger partial charge is 0.245 e. The van der Waals surface area contributed by atoms with Gasteiger partial charge in [-0.1, -0.05) is 31.4 Å². The number of anilines is 1. The van der Waals surface area contributed by atoms with Crippen LogP contribution in [0.15, 0.2) is 29.2 Å². The molecule has 2 aliphatic heterocycles. The van der Waals surface area contributed by atoms with Crippen LogP contribution in [0, 0.1) is 11.8 Å². The van der Waals surface area contributed by atoms with E-state index in [1.807, 2.05) is 0 Å². The van der Waals surface area contributed by atoms with Crippen molar-refractivity contribution in [1.82, 2.24) is 9.62 Å². The molecule has 0 bridgehead atoms. The molecular weight excluding hydrogens is 334 g/mol. The number of nitrogen functional groups attached to an aromatic ring is 1. The highest BCUT2D eigenvalue weighted by atomic mass is 32.2. The molecule has 2 heterocycles. The number of nitrogens with zero attached hydrogens (tertiary/aromatic N) is 1. The molecule has 6 heteroatoms. The molecule has 2 aliphatic rings. The maximum Gasteiger partial charge on any atom is 0.245 e. The lowest BCUT2D eigenvalue weighted by molar-refractivity contribution is 0.250. The Hall–Kier alpha value is -1.11. The molecule has 5 nitrogen and oxygen atoms in total. The monoisotopic (exact) mass is 365 g/mol. The summed E-state index contributed by atoms with van der Waals surface area (Å²) in [6.45, 7) is 3.58. The zero-order valence-corrected chi connectivity index (χ0v) is 15.8. The van der Waals surface area contributed by atoms with Gasteiger partial charge in [-0.3, -0.25) is 0 Å². The van der Waals surface area contributed by atoms with E-state index in [4.69, 9.17) is 5.73 Å². The first-order valence-electron chi connectivity index (χ1n) is 9.63. The summed E-state index contributed by atoms with van der Waals surface area (Å²) in [6, 6.07) is 6.76. The van der Waals surface area contributed by atoms with Crippen LogP contribution < -0.4 is 11.1 Å². The Bertz CT molecular complexity index is 648. The van der Waals surface area contributed by atoms with Crippen LogP contribution in [0.25, 0.3) is 0 Å². The van der Waals surface area contributed by atoms with Gasteiger partial charge in [0, 0.05) is 13.1 Å². The topological polar surface area (TPSA) is 75.4 Å². The number of rotatable bonds is 6. The summed E-state index contributed by atoms with van der Waals surface area (Å²) in [4.78, 5) is 0.249. The molecule has 1 aromatic carbocycles. The fourth-order valence-corrected chi connectivity index (χ4v) is 5.74. The third kappa shape index (κ3) is 4.74. The van der Waals surface area contributed by atoms with Crippen LogP contribution in [0.4, 0.5) is 5.69 Å². The van der Waals surface area contributed by atoms with Crippen molar-refractivity contribution in [2.24, 2.45) is 11.8 Å². The zero-order valence-electron chi connectivity index (χ0n) is 15.0. The number of sulfonamides is 1. The summed E-state index contributed by atoms with van der Waals surface area (Å²) in [5.41, 5.74) is 6.21. The second-order valence-electron chi connectivity index (χ2n) is 7.51. The molecule has 0 aliphatic carbocycles. The quantitative estimate of drug-likeness (QED) is 0.760. The van der Waals surface area contributed by atoms with Gasteiger partial charge in [-0.15, -0.1) is 0 Å². The average Bonchev–Trinajstić information content (AvgIpc) is 2.63. The van der Waals surface area contributed by atoms with E-state index < -0.39 is 10.0 Å². The first kappa shape index (κ1) is 18.7. The maximum atomic E-state index is 12.8. The minimum atomic E-state index is -3.45. The number of hydrogen-bond acceptors (Lipinski definition) is 4. The Kier molecular flexibility index (Phi) is 6.36. The van der Waals surface area contributed by atoms with Gasteiger partial charge in [0.15, 0.2) is 0 Å². The van der Waals surface area contributed by atoms with E-state index in [1.165, 1.54) is 45.2 Å². The molecule has 2 fully saturated rings. The van der Waals surface area contributed by atoms with Crippen molar-refractivity contribution in [3.63, 3.8) is 0 Å². The van der Waals surface area contributed by atoms with E-state index in [-0.39, 0.29) is 4.90 Å². The molecule has 0 aromatic heterocycles. The predicted molar refractivity (Wildman–Crippen MR) is 102 cm³/mol. The van der Waals surface area contributed by atoms with Crippen molar-refractivity contribution in [2.75, 3.05) is 31.9 Å². The summed E-state index contributed by atoms with van der Waals surface area (Å²) < 4.78 is 27.2. The zero-order chi connectivity index (χ0) is 17.7. The van der Waals surface area contributed by atoms with Crippen molar-refractivity contribution in [1.29, 1.82) is 0 Å². The molecule has 0 radical (unpaired) electrons. The molecule has 0 saturated carbocycles. The van der Waals surface area contributed by atoms with Gasteiger partial charge in [-0.05, 0) is 62.7 Å². The van der Waals surface area contributed by atoms with Crippen LogP contribution in [0.3, 0.4) is 0 Å². The molecule has 140 valence electrons. The van der Waals surface area contributed by atoms with Crippen LogP contribution in [0.2, 0.25) is 0 Å². The van der Waals surface area contributed by atoms with Crippen molar-refractivity contribution >= 4 is 15.7 Å². The van der Waals surface area contributed by atoms with E-state index in [9.17, 15) is 8.42 Å². The Morgan fingerprint density at radius 3 is 2.24 bits per heavy atom. The highest BCUT2D eigenvalue weighted by molar-refractivity contribution is 7.89. The van der Waals surface area contributed by atoms with E-state index >= 15 is 0 Å². The molecule has 0 unspecified atom stereocenters. The van der Waals surface area contributed by atoms with Crippen LogP contribution in [-0.2, 0) is 10.0 Å². The van der Waals surface area contributed by atoms with Gasteiger partial charge in [0.05, 0.1) is 5.69 Å². The Morgan fingerprint density at radius 2 is 1.60 bits per heavy atom. The van der Waals surface area contributed by atoms with Gasteiger partial charge in [0.1, 0.15) is 4.90 Å². The van der Waals surface area contributed by atoms with E-state index in [1.54, 1.807) is 28.6 Å². The van der Waals surface area contributed by atoms with Crippen LogP contribution in [0.5, 0.6) is 0 Å². The lowest BCUT2D eigenvalue weighted by Gasteiger charge is -2.32. The van der Waals surface area contributed by atoms with Gasteiger partial charge in [-0.2, -0.15) is 4.31 Å². The number of para-hydroxylation sites is 1. The third-order valence-electron chi connectivity index (χ3n) is 5.79. The molecular formula is C19H31N3O2S. The minimum absolute atomic E-state index is 0.249. The van der Waals surface area contributed by atoms with Crippen LogP contribution >= 0.6 is 0 Å². The molecule has 0 atom stereocenters. The van der Waals surface area contributed by atoms with Gasteiger partial charge in [0.2, 0.25) is 10.0 Å². The molecule has 2 saturated heterocycles. The summed E-state index contributed by atoms with van der Waals surface area (Å²) in [7, 11) is -3.45. The number of benzene rings is 1. The minimum Gasteiger partial charge on any atom is -0.398 e. The largest absolute Gasteiger partial charge is 0.398 e. The summed E-state index contributed by atoms with van der Waals surface area (Å²) in [6.07, 6.45) is 8.43. The number of nitrogens with one attached hydrogen (secondary N) is 1. The lowest BCUT2D eigenvalue weighted by Crippen LogP contribution is -2.38. The summed E-state index contributed by atoms with van der Waals surface area (Å²) in [5, 5.41) is 3.42. The maximum absolute atomic E-state index is 12.8. The lowest BCUT2D eigenvalue weighted by atomic mass is 9.87. The van der Waals surface area contributed by atoms with Gasteiger partial charge < -0.3 is 11.1 Å². The first-order valence-corrected chi connectivity index (χ1v) is 11.1. The van der Waals surface area contributed by atoms with Crippen molar-refractivity contribution in [3.05, 3.63) is 24.3 Å². The second-order valence-corrected chi connectivity index (χ2v) is 9.42. The third-order valence-corrected chi connectivity index (χ3v) is 7.77. The molecule has 1 aromatic rings. The molecule has 3 rings (SSSR count). The predicted octanol–water partition coefficient (Wildman–Crippen LogP) is 2.84. The average molecular weight is 366 g/mol. The van der Waals surface area contributed by atoms with E-state index in [0.29, 0.717) is 24.7 Å². The molecule has 3 N–H and O–H groups in total. The number of piperidine rings is 2. The Morgan fingerprint density at radius 1 is 1.00 bits per heavy atom. The van der Waals surface area contributed by atoms with Gasteiger partial charge in [0.25, 0.3) is 0 Å². The molecule has 25 heavy (non-hydrogen) atoms. The highest BCUT2D eigenvalue weighted by Crippen LogP contribution is 2.30. The standard InChI is InChI=1S/C19H31N3O2S/c20-18-6-1-2-7-19(18)25(23,24)22-14-10-17(11-15-22)5-3-4-16-8-12-21-13-9-16/h1-2,6-7,16-17,21H,3-5,8-15,20H2. The van der Waals surface area contributed by atoms with Crippen LogP contribution in [-0.4, -0.2) is 38.9 Å². The second kappa shape index (κ2) is 8.52. The van der Waals surface area contributed by atoms with E-state index in [2.05, 4.69) is 5.32 Å². The SMILES string of the molecule is Nc1ccccc1S(=O)(=O)N1CCC(CCCC2CCNCC2)CC1. The fraction of sp³-hybridized carbons (Fsp3) is 0.684. The number of hydrogen-bond donors (Lipinski definition) is 2. The van der Waals surface area contributed by atoms with Gasteiger partial charge in [-0.25, -0.2) is 8.42 Å². The first-order chi connectivity index (χ1) is 12.1. The Labute approximate surface area is 152 Å². The number of nitrogens with two attached hydrogens (primary N) is 1. The van der Waals surface area contributed by atoms with E-state index in [0.717, 1.165) is 18.8 Å². The van der Waals surface area contributed by atoms with Crippen molar-refractivity contribution in [2.45, 2.75) is 49.8 Å². The molecule has 0 amide bonds. The van der Waals surface area contributed by atoms with Crippen LogP contribution in [0.1, 0.15) is 44.9 Å². The summed E-state index contributed by atoms with van der Waals surface area (Å²) >= 11 is 0. The highest BCUT2D eigenvalue weighted by Gasteiger charge is 2.30. The fourth-order valence-electron chi connectivity index (χ4n) is 4.16. The summed E-state index contributed by atoms with van der Waals surface area (Å²) in [5.74, 6) is 1.56.